The van der Waals surface area contributed by atoms with Gasteiger partial charge in [0.05, 0.1) is 23.6 Å². The third kappa shape index (κ3) is 3.79. The Balaban J connectivity index is 1.66. The fourth-order valence-electron chi connectivity index (χ4n) is 3.85. The molecule has 4 nitrogen and oxygen atoms in total. The van der Waals surface area contributed by atoms with Gasteiger partial charge in [-0.1, -0.05) is 60.2 Å². The molecule has 146 valence electrons. The number of nitrogens with zero attached hydrogens (tertiary/aromatic N) is 2. The molecule has 0 aliphatic carbocycles. The lowest BCUT2D eigenvalue weighted by molar-refractivity contribution is 0.0949. The van der Waals surface area contributed by atoms with Gasteiger partial charge in [-0.25, -0.2) is 4.98 Å². The highest BCUT2D eigenvalue weighted by molar-refractivity contribution is 5.95. The number of aromatic nitrogens is 2. The lowest BCUT2D eigenvalue weighted by atomic mass is 10.1. The van der Waals surface area contributed by atoms with E-state index in [1.807, 2.05) is 68.4 Å². The van der Waals surface area contributed by atoms with E-state index in [0.717, 1.165) is 28.0 Å². The third-order valence-corrected chi connectivity index (χ3v) is 5.37. The van der Waals surface area contributed by atoms with E-state index in [4.69, 9.17) is 4.98 Å². The van der Waals surface area contributed by atoms with Crippen LogP contribution in [0.25, 0.3) is 11.0 Å². The molecule has 29 heavy (non-hydrogen) atoms. The maximum atomic E-state index is 12.8. The molecule has 3 aromatic carbocycles. The molecule has 1 unspecified atom stereocenters. The van der Waals surface area contributed by atoms with Gasteiger partial charge in [0.15, 0.2) is 0 Å². The Morgan fingerprint density at radius 1 is 1.00 bits per heavy atom. The van der Waals surface area contributed by atoms with Gasteiger partial charge in [0.25, 0.3) is 5.91 Å². The van der Waals surface area contributed by atoms with Gasteiger partial charge in [-0.15, -0.1) is 0 Å². The summed E-state index contributed by atoms with van der Waals surface area (Å²) in [7, 11) is 0. The summed E-state index contributed by atoms with van der Waals surface area (Å²) >= 11 is 0. The molecule has 0 saturated heterocycles. The quantitative estimate of drug-likeness (QED) is 0.515. The van der Waals surface area contributed by atoms with Crippen LogP contribution in [0.5, 0.6) is 0 Å². The van der Waals surface area contributed by atoms with E-state index in [1.54, 1.807) is 0 Å². The van der Waals surface area contributed by atoms with Crippen LogP contribution in [0.4, 0.5) is 0 Å². The Bertz CT molecular complexity index is 1160. The molecule has 0 saturated carbocycles. The maximum Gasteiger partial charge on any atom is 0.251 e. The van der Waals surface area contributed by atoms with E-state index in [9.17, 15) is 4.79 Å². The first-order valence-corrected chi connectivity index (χ1v) is 9.91. The van der Waals surface area contributed by atoms with E-state index < -0.39 is 0 Å². The first-order valence-electron chi connectivity index (χ1n) is 9.91. The van der Waals surface area contributed by atoms with Crippen LogP contribution in [0.2, 0.25) is 0 Å². The summed E-state index contributed by atoms with van der Waals surface area (Å²) in [6, 6.07) is 24.5. The SMILES string of the molecule is Cc1ccc(C(=O)NCc2nc3ccccc3n2C(C)c2ccccc2)c(C)c1. The van der Waals surface area contributed by atoms with Gasteiger partial charge in [0, 0.05) is 5.56 Å². The summed E-state index contributed by atoms with van der Waals surface area (Å²) in [4.78, 5) is 17.6. The number of amides is 1. The van der Waals surface area contributed by atoms with Crippen LogP contribution >= 0.6 is 0 Å². The number of imidazole rings is 1. The summed E-state index contributed by atoms with van der Waals surface area (Å²) in [6.45, 7) is 6.54. The lowest BCUT2D eigenvalue weighted by Gasteiger charge is -2.18. The molecule has 0 radical (unpaired) electrons. The van der Waals surface area contributed by atoms with Gasteiger partial charge in [0.1, 0.15) is 5.82 Å². The number of benzene rings is 3. The van der Waals surface area contributed by atoms with E-state index in [0.29, 0.717) is 12.1 Å². The fourth-order valence-corrected chi connectivity index (χ4v) is 3.85. The van der Waals surface area contributed by atoms with Crippen molar-refractivity contribution in [3.8, 4) is 0 Å². The van der Waals surface area contributed by atoms with Crippen molar-refractivity contribution in [2.45, 2.75) is 33.4 Å². The van der Waals surface area contributed by atoms with Gasteiger partial charge >= 0.3 is 0 Å². The monoisotopic (exact) mass is 383 g/mol. The van der Waals surface area contributed by atoms with Crippen molar-refractivity contribution in [2.75, 3.05) is 0 Å². The number of aryl methyl sites for hydroxylation is 2. The summed E-state index contributed by atoms with van der Waals surface area (Å²) in [5.74, 6) is 0.772. The van der Waals surface area contributed by atoms with Crippen LogP contribution < -0.4 is 5.32 Å². The van der Waals surface area contributed by atoms with Gasteiger partial charge in [-0.2, -0.15) is 0 Å². The molecule has 1 heterocycles. The highest BCUT2D eigenvalue weighted by Crippen LogP contribution is 2.26. The molecule has 0 aliphatic rings. The smallest absolute Gasteiger partial charge is 0.251 e. The fraction of sp³-hybridized carbons (Fsp3) is 0.200. The topological polar surface area (TPSA) is 46.9 Å². The number of hydrogen-bond acceptors (Lipinski definition) is 2. The molecule has 0 spiro atoms. The standard InChI is InChI=1S/C25H25N3O/c1-17-13-14-21(18(2)15-17)25(29)26-16-24-27-22-11-7-8-12-23(22)28(24)19(3)20-9-5-4-6-10-20/h4-15,19H,16H2,1-3H3,(H,26,29). The van der Waals surface area contributed by atoms with Crippen molar-refractivity contribution in [3.05, 3.63) is 101 Å². The molecular weight excluding hydrogens is 358 g/mol. The minimum Gasteiger partial charge on any atom is -0.345 e. The zero-order valence-electron chi connectivity index (χ0n) is 17.0. The highest BCUT2D eigenvalue weighted by atomic mass is 16.1. The first-order chi connectivity index (χ1) is 14.0. The Labute approximate surface area is 171 Å². The Morgan fingerprint density at radius 2 is 1.72 bits per heavy atom. The molecule has 1 amide bonds. The zero-order valence-corrected chi connectivity index (χ0v) is 17.0. The second-order valence-electron chi connectivity index (χ2n) is 7.47. The molecule has 1 atom stereocenters. The third-order valence-electron chi connectivity index (χ3n) is 5.37. The Hall–Kier alpha value is -3.40. The highest BCUT2D eigenvalue weighted by Gasteiger charge is 2.18. The van der Waals surface area contributed by atoms with Crippen molar-refractivity contribution in [1.29, 1.82) is 0 Å². The largest absolute Gasteiger partial charge is 0.345 e. The number of rotatable bonds is 5. The molecule has 4 aromatic rings. The zero-order chi connectivity index (χ0) is 20.4. The van der Waals surface area contributed by atoms with Crippen molar-refractivity contribution in [3.63, 3.8) is 0 Å². The van der Waals surface area contributed by atoms with E-state index >= 15 is 0 Å². The summed E-state index contributed by atoms with van der Waals surface area (Å²) in [6.07, 6.45) is 0. The number of carbonyl (C=O) groups is 1. The van der Waals surface area contributed by atoms with Gasteiger partial charge in [-0.3, -0.25) is 4.79 Å². The van der Waals surface area contributed by atoms with E-state index in [1.165, 1.54) is 5.56 Å². The van der Waals surface area contributed by atoms with E-state index in [2.05, 4.69) is 35.0 Å². The average molecular weight is 383 g/mol. The molecular formula is C25H25N3O. The molecule has 1 N–H and O–H groups in total. The molecule has 4 heteroatoms. The number of nitrogens with one attached hydrogen (secondary N) is 1. The molecule has 4 rings (SSSR count). The van der Waals surface area contributed by atoms with Gasteiger partial charge in [0.2, 0.25) is 0 Å². The maximum absolute atomic E-state index is 12.8. The van der Waals surface area contributed by atoms with Gasteiger partial charge in [-0.05, 0) is 50.1 Å². The molecule has 0 bridgehead atoms. The number of carbonyl (C=O) groups excluding carboxylic acids is 1. The van der Waals surface area contributed by atoms with Crippen LogP contribution in [0.1, 0.15) is 45.8 Å². The minimum atomic E-state index is -0.0755. The molecule has 1 aromatic heterocycles. The van der Waals surface area contributed by atoms with Gasteiger partial charge < -0.3 is 9.88 Å². The second kappa shape index (κ2) is 7.92. The normalized spacial score (nSPS) is 12.1. The minimum absolute atomic E-state index is 0.0755. The Morgan fingerprint density at radius 3 is 2.48 bits per heavy atom. The van der Waals surface area contributed by atoms with Crippen LogP contribution in [0.3, 0.4) is 0 Å². The van der Waals surface area contributed by atoms with Crippen molar-refractivity contribution < 1.29 is 4.79 Å². The van der Waals surface area contributed by atoms with Crippen LogP contribution in [-0.4, -0.2) is 15.5 Å². The molecule has 0 fully saturated rings. The van der Waals surface area contributed by atoms with Crippen molar-refractivity contribution in [2.24, 2.45) is 0 Å². The second-order valence-corrected chi connectivity index (χ2v) is 7.47. The first kappa shape index (κ1) is 18.9. The molecule has 0 aliphatic heterocycles. The lowest BCUT2D eigenvalue weighted by Crippen LogP contribution is -2.26. The van der Waals surface area contributed by atoms with Crippen LogP contribution in [0, 0.1) is 13.8 Å². The van der Waals surface area contributed by atoms with Crippen LogP contribution in [-0.2, 0) is 6.54 Å². The summed E-state index contributed by atoms with van der Waals surface area (Å²) in [5.41, 5.74) is 6.05. The average Bonchev–Trinajstić information content (AvgIpc) is 3.10. The number of para-hydroxylation sites is 2. The predicted molar refractivity (Wildman–Crippen MR) is 117 cm³/mol. The van der Waals surface area contributed by atoms with Crippen molar-refractivity contribution in [1.82, 2.24) is 14.9 Å². The van der Waals surface area contributed by atoms with Crippen molar-refractivity contribution >= 4 is 16.9 Å². The Kier molecular flexibility index (Phi) is 5.17. The summed E-state index contributed by atoms with van der Waals surface area (Å²) < 4.78 is 2.22. The van der Waals surface area contributed by atoms with E-state index in [-0.39, 0.29) is 11.9 Å². The summed E-state index contributed by atoms with van der Waals surface area (Å²) in [5, 5.41) is 3.06. The van der Waals surface area contributed by atoms with Crippen LogP contribution in [0.15, 0.2) is 72.8 Å². The number of hydrogen-bond donors (Lipinski definition) is 1. The number of fused-ring (bicyclic) bond motifs is 1. The predicted octanol–water partition coefficient (Wildman–Crippen LogP) is 5.19.